The summed E-state index contributed by atoms with van der Waals surface area (Å²) in [4.78, 5) is 11.7. The largest absolute Gasteiger partial charge is 0.465 e. The highest BCUT2D eigenvalue weighted by atomic mass is 16.5. The molecule has 0 unspecified atom stereocenters. The maximum atomic E-state index is 11.7. The van der Waals surface area contributed by atoms with Crippen molar-refractivity contribution in [2.24, 2.45) is 11.3 Å². The number of carbonyl (C=O) groups is 1. The van der Waals surface area contributed by atoms with Crippen LogP contribution in [0.4, 0.5) is 5.69 Å². The van der Waals surface area contributed by atoms with Gasteiger partial charge in [-0.05, 0) is 28.8 Å². The normalized spacial score (nSPS) is 12.8. The topological polar surface area (TPSA) is 52.3 Å². The average Bonchev–Trinajstić information content (AvgIpc) is 2.70. The van der Waals surface area contributed by atoms with Gasteiger partial charge in [-0.1, -0.05) is 102 Å². The Bertz CT molecular complexity index is 885. The molecule has 0 atom stereocenters. The van der Waals surface area contributed by atoms with E-state index in [1.807, 2.05) is 38.1 Å². The summed E-state index contributed by atoms with van der Waals surface area (Å²) in [6, 6.07) is 16.4. The number of nitrogen functional groups attached to an aromatic ring is 1. The fourth-order valence-electron chi connectivity index (χ4n) is 2.83. The molecule has 0 radical (unpaired) electrons. The summed E-state index contributed by atoms with van der Waals surface area (Å²) >= 11 is 0. The van der Waals surface area contributed by atoms with Gasteiger partial charge in [0.1, 0.15) is 0 Å². The quantitative estimate of drug-likeness (QED) is 0.236. The Hall–Kier alpha value is -2.81. The molecule has 0 aromatic heterocycles. The second-order valence-corrected chi connectivity index (χ2v) is 9.43. The number of ether oxygens (including phenoxy) is 1. The fourth-order valence-corrected chi connectivity index (χ4v) is 2.83. The molecule has 0 aliphatic carbocycles. The minimum atomic E-state index is -0.219. The van der Waals surface area contributed by atoms with E-state index in [1.165, 1.54) is 5.56 Å². The van der Waals surface area contributed by atoms with E-state index in [4.69, 9.17) is 10.5 Å². The minimum absolute atomic E-state index is 0.103. The van der Waals surface area contributed by atoms with Gasteiger partial charge in [0.15, 0.2) is 0 Å². The van der Waals surface area contributed by atoms with Crippen LogP contribution in [-0.2, 0) is 14.9 Å². The first kappa shape index (κ1) is 23.5. The Kier molecular flexibility index (Phi) is 7.66. The van der Waals surface area contributed by atoms with E-state index < -0.39 is 0 Å². The highest BCUT2D eigenvalue weighted by Crippen LogP contribution is 2.28. The van der Waals surface area contributed by atoms with Crippen LogP contribution in [0.2, 0.25) is 0 Å². The molecule has 2 aromatic rings. The molecule has 3 heteroatoms. The second-order valence-electron chi connectivity index (χ2n) is 9.43. The smallest absolute Gasteiger partial charge is 0.308 e. The first-order chi connectivity index (χ1) is 14.0. The summed E-state index contributed by atoms with van der Waals surface area (Å²) in [5.74, 6) is -0.257. The van der Waals surface area contributed by atoms with Gasteiger partial charge in [0.25, 0.3) is 0 Å². The van der Waals surface area contributed by atoms with Crippen LogP contribution >= 0.6 is 0 Å². The molecule has 3 nitrogen and oxygen atoms in total. The molecule has 160 valence electrons. The third-order valence-electron chi connectivity index (χ3n) is 5.07. The van der Waals surface area contributed by atoms with Gasteiger partial charge in [-0.2, -0.15) is 0 Å². The number of hydrogen-bond acceptors (Lipinski definition) is 3. The van der Waals surface area contributed by atoms with Crippen molar-refractivity contribution in [3.8, 4) is 0 Å². The number of allylic oxidation sites excluding steroid dienone is 1. The highest BCUT2D eigenvalue weighted by molar-refractivity contribution is 5.71. The standard InChI is InChI=1S/C27H35NO2/c1-20(2)25(29)30-19-26(3,4)17-18-27(5,6)23-13-9-21(10-14-23)7-8-22-11-15-24(28)16-12-22/h7-18,20H,19,28H2,1-6H3/b8-7+,18-17+. The van der Waals surface area contributed by atoms with Crippen LogP contribution in [-0.4, -0.2) is 12.6 Å². The van der Waals surface area contributed by atoms with Crippen molar-refractivity contribution < 1.29 is 9.53 Å². The summed E-state index contributed by atoms with van der Waals surface area (Å²) in [6.45, 7) is 12.6. The lowest BCUT2D eigenvalue weighted by Crippen LogP contribution is -2.23. The van der Waals surface area contributed by atoms with Gasteiger partial charge in [0.05, 0.1) is 12.5 Å². The van der Waals surface area contributed by atoms with Crippen molar-refractivity contribution in [3.05, 3.63) is 77.4 Å². The fraction of sp³-hybridized carbons (Fsp3) is 0.370. The third-order valence-corrected chi connectivity index (χ3v) is 5.07. The summed E-state index contributed by atoms with van der Waals surface area (Å²) in [5, 5.41) is 0. The zero-order valence-electron chi connectivity index (χ0n) is 19.1. The Balaban J connectivity index is 2.03. The Morgan fingerprint density at radius 2 is 1.40 bits per heavy atom. The molecular formula is C27H35NO2. The summed E-state index contributed by atoms with van der Waals surface area (Å²) in [5.41, 5.74) is 9.67. The first-order valence-electron chi connectivity index (χ1n) is 10.5. The molecule has 30 heavy (non-hydrogen) atoms. The van der Waals surface area contributed by atoms with Crippen molar-refractivity contribution in [1.29, 1.82) is 0 Å². The van der Waals surface area contributed by atoms with Crippen molar-refractivity contribution in [2.45, 2.75) is 47.0 Å². The predicted octanol–water partition coefficient (Wildman–Crippen LogP) is 6.50. The average molecular weight is 406 g/mol. The van der Waals surface area contributed by atoms with E-state index >= 15 is 0 Å². The van der Waals surface area contributed by atoms with Crippen LogP contribution in [0.3, 0.4) is 0 Å². The number of anilines is 1. The third kappa shape index (κ3) is 7.22. The van der Waals surface area contributed by atoms with E-state index in [-0.39, 0.29) is 22.7 Å². The van der Waals surface area contributed by atoms with Gasteiger partial charge < -0.3 is 10.5 Å². The lowest BCUT2D eigenvalue weighted by atomic mass is 9.81. The van der Waals surface area contributed by atoms with Gasteiger partial charge in [0.2, 0.25) is 0 Å². The molecule has 0 saturated carbocycles. The monoisotopic (exact) mass is 405 g/mol. The van der Waals surface area contributed by atoms with Crippen LogP contribution in [0.1, 0.15) is 58.2 Å². The van der Waals surface area contributed by atoms with Crippen LogP contribution in [0, 0.1) is 11.3 Å². The number of carbonyl (C=O) groups excluding carboxylic acids is 1. The molecule has 2 rings (SSSR count). The highest BCUT2D eigenvalue weighted by Gasteiger charge is 2.22. The van der Waals surface area contributed by atoms with Crippen molar-refractivity contribution in [3.63, 3.8) is 0 Å². The SMILES string of the molecule is CC(C)C(=O)OCC(C)(C)/C=C/C(C)(C)c1ccc(/C=C/c2ccc(N)cc2)cc1. The number of rotatable bonds is 8. The van der Waals surface area contributed by atoms with Crippen LogP contribution < -0.4 is 5.73 Å². The van der Waals surface area contributed by atoms with Gasteiger partial charge in [-0.25, -0.2) is 0 Å². The molecule has 0 bridgehead atoms. The minimum Gasteiger partial charge on any atom is -0.465 e. The molecule has 0 aliphatic rings. The first-order valence-corrected chi connectivity index (χ1v) is 10.5. The summed E-state index contributed by atoms with van der Waals surface area (Å²) < 4.78 is 5.42. The van der Waals surface area contributed by atoms with E-state index in [2.05, 4.69) is 76.3 Å². The van der Waals surface area contributed by atoms with E-state index in [0.29, 0.717) is 6.61 Å². The van der Waals surface area contributed by atoms with Gasteiger partial charge in [-0.3, -0.25) is 4.79 Å². The lowest BCUT2D eigenvalue weighted by Gasteiger charge is -2.25. The predicted molar refractivity (Wildman–Crippen MR) is 128 cm³/mol. The number of hydrogen-bond donors (Lipinski definition) is 1. The molecule has 0 fully saturated rings. The number of nitrogens with two attached hydrogens (primary N) is 1. The Morgan fingerprint density at radius 1 is 0.900 bits per heavy atom. The molecule has 0 saturated heterocycles. The van der Waals surface area contributed by atoms with Crippen molar-refractivity contribution in [2.75, 3.05) is 12.3 Å². The van der Waals surface area contributed by atoms with Gasteiger partial charge in [-0.15, -0.1) is 0 Å². The van der Waals surface area contributed by atoms with Crippen molar-refractivity contribution >= 4 is 23.8 Å². The number of esters is 1. The van der Waals surface area contributed by atoms with Gasteiger partial charge in [0, 0.05) is 16.5 Å². The second kappa shape index (κ2) is 9.80. The molecule has 0 spiro atoms. The van der Waals surface area contributed by atoms with Crippen molar-refractivity contribution in [1.82, 2.24) is 0 Å². The Morgan fingerprint density at radius 3 is 1.90 bits per heavy atom. The maximum Gasteiger partial charge on any atom is 0.308 e. The summed E-state index contributed by atoms with van der Waals surface area (Å²) in [7, 11) is 0. The van der Waals surface area contributed by atoms with Crippen LogP contribution in [0.25, 0.3) is 12.2 Å². The lowest BCUT2D eigenvalue weighted by molar-refractivity contribution is -0.149. The zero-order valence-corrected chi connectivity index (χ0v) is 19.1. The van der Waals surface area contributed by atoms with Crippen LogP contribution in [0.5, 0.6) is 0 Å². The van der Waals surface area contributed by atoms with Crippen LogP contribution in [0.15, 0.2) is 60.7 Å². The molecule has 0 heterocycles. The van der Waals surface area contributed by atoms with E-state index in [9.17, 15) is 4.79 Å². The maximum absolute atomic E-state index is 11.7. The van der Waals surface area contributed by atoms with Gasteiger partial charge >= 0.3 is 5.97 Å². The number of benzene rings is 2. The molecule has 2 aromatic carbocycles. The molecule has 0 aliphatic heterocycles. The van der Waals surface area contributed by atoms with E-state index in [1.54, 1.807) is 0 Å². The zero-order chi connectivity index (χ0) is 22.4. The summed E-state index contributed by atoms with van der Waals surface area (Å²) in [6.07, 6.45) is 8.54. The molecule has 2 N–H and O–H groups in total. The molecular weight excluding hydrogens is 370 g/mol. The molecule has 0 amide bonds. The Labute approximate surface area is 181 Å². The van der Waals surface area contributed by atoms with E-state index in [0.717, 1.165) is 16.8 Å².